The first-order chi connectivity index (χ1) is 8.21. The fourth-order valence-electron chi connectivity index (χ4n) is 1.75. The molecule has 17 heavy (non-hydrogen) atoms. The van der Waals surface area contributed by atoms with Crippen molar-refractivity contribution in [1.82, 2.24) is 4.90 Å². The first kappa shape index (κ1) is 13.5. The number of unbranched alkanes of at least 4 members (excludes halogenated alkanes) is 1. The lowest BCUT2D eigenvalue weighted by atomic mass is 10.1. The fraction of sp³-hybridized carbons (Fsp3) is 0.500. The van der Waals surface area contributed by atoms with Crippen molar-refractivity contribution >= 4 is 0 Å². The smallest absolute Gasteiger partial charge is 0.136 e. The normalized spacial score (nSPS) is 10.3. The van der Waals surface area contributed by atoms with Gasteiger partial charge < -0.3 is 9.64 Å². The van der Waals surface area contributed by atoms with E-state index >= 15 is 0 Å². The molecule has 0 aromatic heterocycles. The van der Waals surface area contributed by atoms with Crippen LogP contribution in [0, 0.1) is 11.3 Å². The Morgan fingerprint density at radius 3 is 2.76 bits per heavy atom. The van der Waals surface area contributed by atoms with Gasteiger partial charge in [-0.05, 0) is 37.7 Å². The molecule has 0 saturated heterocycles. The quantitative estimate of drug-likeness (QED) is 0.756. The maximum atomic E-state index is 8.90. The molecule has 0 spiro atoms. The Kier molecular flexibility index (Phi) is 5.51. The maximum Gasteiger partial charge on any atom is 0.136 e. The van der Waals surface area contributed by atoms with Gasteiger partial charge in [-0.25, -0.2) is 0 Å². The molecular formula is C14H20N2O. The summed E-state index contributed by atoms with van der Waals surface area (Å²) in [4.78, 5) is 2.28. The van der Waals surface area contributed by atoms with Gasteiger partial charge in [-0.15, -0.1) is 0 Å². The van der Waals surface area contributed by atoms with Crippen LogP contribution >= 0.6 is 0 Å². The van der Waals surface area contributed by atoms with E-state index in [9.17, 15) is 0 Å². The zero-order valence-corrected chi connectivity index (χ0v) is 10.9. The molecule has 0 saturated carbocycles. The number of hydrogen-bond acceptors (Lipinski definition) is 3. The van der Waals surface area contributed by atoms with Gasteiger partial charge >= 0.3 is 0 Å². The SMILES string of the molecule is CCCCN(C)Cc1ccc(C#N)c(OC)c1. The summed E-state index contributed by atoms with van der Waals surface area (Å²) in [5, 5.41) is 8.90. The number of rotatable bonds is 6. The monoisotopic (exact) mass is 232 g/mol. The summed E-state index contributed by atoms with van der Waals surface area (Å²) in [7, 11) is 3.71. The molecule has 0 unspecified atom stereocenters. The van der Waals surface area contributed by atoms with E-state index in [1.54, 1.807) is 7.11 Å². The highest BCUT2D eigenvalue weighted by molar-refractivity contribution is 5.45. The Bertz CT molecular complexity index is 396. The molecule has 1 aromatic carbocycles. The number of benzene rings is 1. The van der Waals surface area contributed by atoms with Crippen LogP contribution in [0.25, 0.3) is 0 Å². The van der Waals surface area contributed by atoms with E-state index in [-0.39, 0.29) is 0 Å². The zero-order chi connectivity index (χ0) is 12.7. The van der Waals surface area contributed by atoms with E-state index in [0.29, 0.717) is 11.3 Å². The minimum atomic E-state index is 0.590. The Labute approximate surface area is 104 Å². The molecular weight excluding hydrogens is 212 g/mol. The summed E-state index contributed by atoms with van der Waals surface area (Å²) < 4.78 is 5.20. The number of hydrogen-bond donors (Lipinski definition) is 0. The highest BCUT2D eigenvalue weighted by Gasteiger charge is 2.05. The second-order valence-corrected chi connectivity index (χ2v) is 4.24. The lowest BCUT2D eigenvalue weighted by Gasteiger charge is -2.16. The molecule has 0 bridgehead atoms. The van der Waals surface area contributed by atoms with Crippen LogP contribution in [0.15, 0.2) is 18.2 Å². The molecule has 0 aliphatic carbocycles. The minimum absolute atomic E-state index is 0.590. The number of nitrogens with zero attached hydrogens (tertiary/aromatic N) is 2. The van der Waals surface area contributed by atoms with Gasteiger partial charge in [0.2, 0.25) is 0 Å². The van der Waals surface area contributed by atoms with Crippen molar-refractivity contribution in [3.63, 3.8) is 0 Å². The van der Waals surface area contributed by atoms with E-state index in [1.165, 1.54) is 18.4 Å². The summed E-state index contributed by atoms with van der Waals surface area (Å²) in [5.74, 6) is 0.661. The third-order valence-electron chi connectivity index (χ3n) is 2.73. The first-order valence-corrected chi connectivity index (χ1v) is 5.96. The van der Waals surface area contributed by atoms with E-state index < -0.39 is 0 Å². The van der Waals surface area contributed by atoms with Gasteiger partial charge in [0, 0.05) is 6.54 Å². The van der Waals surface area contributed by atoms with Crippen molar-refractivity contribution in [3.05, 3.63) is 29.3 Å². The molecule has 3 heteroatoms. The molecule has 0 heterocycles. The number of methoxy groups -OCH3 is 1. The van der Waals surface area contributed by atoms with Crippen LogP contribution in [0.3, 0.4) is 0 Å². The zero-order valence-electron chi connectivity index (χ0n) is 10.9. The van der Waals surface area contributed by atoms with E-state index in [2.05, 4.69) is 24.9 Å². The molecule has 3 nitrogen and oxygen atoms in total. The summed E-state index contributed by atoms with van der Waals surface area (Å²) in [6.07, 6.45) is 2.42. The van der Waals surface area contributed by atoms with Crippen LogP contribution in [-0.2, 0) is 6.54 Å². The standard InChI is InChI=1S/C14H20N2O/c1-4-5-8-16(2)11-12-6-7-13(10-15)14(9-12)17-3/h6-7,9H,4-5,8,11H2,1-3H3. The predicted octanol–water partition coefficient (Wildman–Crippen LogP) is 2.80. The first-order valence-electron chi connectivity index (χ1n) is 5.96. The number of nitriles is 1. The lowest BCUT2D eigenvalue weighted by Crippen LogP contribution is -2.18. The molecule has 1 aromatic rings. The van der Waals surface area contributed by atoms with Gasteiger partial charge in [-0.3, -0.25) is 0 Å². The van der Waals surface area contributed by atoms with Gasteiger partial charge in [-0.1, -0.05) is 19.4 Å². The van der Waals surface area contributed by atoms with Crippen molar-refractivity contribution in [2.45, 2.75) is 26.3 Å². The molecule has 92 valence electrons. The van der Waals surface area contributed by atoms with Crippen LogP contribution in [-0.4, -0.2) is 25.6 Å². The van der Waals surface area contributed by atoms with E-state index in [4.69, 9.17) is 10.00 Å². The minimum Gasteiger partial charge on any atom is -0.495 e. The third kappa shape index (κ3) is 4.08. The van der Waals surface area contributed by atoms with Crippen LogP contribution in [0.2, 0.25) is 0 Å². The highest BCUT2D eigenvalue weighted by Crippen LogP contribution is 2.20. The van der Waals surface area contributed by atoms with E-state index in [1.807, 2.05) is 18.2 Å². The summed E-state index contributed by atoms with van der Waals surface area (Å²) in [5.41, 5.74) is 1.77. The Morgan fingerprint density at radius 2 is 2.18 bits per heavy atom. The van der Waals surface area contributed by atoms with Gasteiger partial charge in [0.25, 0.3) is 0 Å². The Balaban J connectivity index is 2.69. The average molecular weight is 232 g/mol. The molecule has 0 radical (unpaired) electrons. The second kappa shape index (κ2) is 6.93. The highest BCUT2D eigenvalue weighted by atomic mass is 16.5. The van der Waals surface area contributed by atoms with Crippen LogP contribution in [0.1, 0.15) is 30.9 Å². The largest absolute Gasteiger partial charge is 0.495 e. The van der Waals surface area contributed by atoms with Crippen molar-refractivity contribution in [2.24, 2.45) is 0 Å². The van der Waals surface area contributed by atoms with Crippen molar-refractivity contribution < 1.29 is 4.74 Å². The molecule has 0 aliphatic rings. The molecule has 0 aliphatic heterocycles. The van der Waals surface area contributed by atoms with E-state index in [0.717, 1.165) is 13.1 Å². The van der Waals surface area contributed by atoms with Crippen molar-refractivity contribution in [3.8, 4) is 11.8 Å². The third-order valence-corrected chi connectivity index (χ3v) is 2.73. The van der Waals surface area contributed by atoms with Crippen molar-refractivity contribution in [2.75, 3.05) is 20.7 Å². The Morgan fingerprint density at radius 1 is 1.41 bits per heavy atom. The second-order valence-electron chi connectivity index (χ2n) is 4.24. The molecule has 1 rings (SSSR count). The summed E-state index contributed by atoms with van der Waals surface area (Å²) >= 11 is 0. The van der Waals surface area contributed by atoms with Crippen LogP contribution in [0.5, 0.6) is 5.75 Å². The summed E-state index contributed by atoms with van der Waals surface area (Å²) in [6, 6.07) is 7.88. The Hall–Kier alpha value is -1.53. The molecule has 0 amide bonds. The molecule has 0 N–H and O–H groups in total. The number of ether oxygens (including phenoxy) is 1. The maximum absolute atomic E-state index is 8.90. The topological polar surface area (TPSA) is 36.3 Å². The van der Waals surface area contributed by atoms with Gasteiger partial charge in [0.15, 0.2) is 0 Å². The van der Waals surface area contributed by atoms with Crippen LogP contribution in [0.4, 0.5) is 0 Å². The van der Waals surface area contributed by atoms with Gasteiger partial charge in [0.05, 0.1) is 12.7 Å². The fourth-order valence-corrected chi connectivity index (χ4v) is 1.75. The van der Waals surface area contributed by atoms with Crippen LogP contribution < -0.4 is 4.74 Å². The van der Waals surface area contributed by atoms with Gasteiger partial charge in [-0.2, -0.15) is 5.26 Å². The average Bonchev–Trinajstić information content (AvgIpc) is 2.36. The molecule has 0 atom stereocenters. The van der Waals surface area contributed by atoms with Gasteiger partial charge in [0.1, 0.15) is 11.8 Å². The predicted molar refractivity (Wildman–Crippen MR) is 69.0 cm³/mol. The summed E-state index contributed by atoms with van der Waals surface area (Å²) in [6.45, 7) is 4.18. The lowest BCUT2D eigenvalue weighted by molar-refractivity contribution is 0.320. The molecule has 0 fully saturated rings. The van der Waals surface area contributed by atoms with Crippen molar-refractivity contribution in [1.29, 1.82) is 5.26 Å².